The van der Waals surface area contributed by atoms with E-state index >= 15 is 0 Å². The molecule has 1 aromatic carbocycles. The second-order valence-corrected chi connectivity index (χ2v) is 6.58. The van der Waals surface area contributed by atoms with Crippen molar-refractivity contribution in [2.75, 3.05) is 50.8 Å². The average molecular weight is 386 g/mol. The highest BCUT2D eigenvalue weighted by atomic mass is 16.3. The van der Waals surface area contributed by atoms with Gasteiger partial charge in [0.1, 0.15) is 5.76 Å². The molecule has 0 spiro atoms. The molecule has 0 unspecified atom stereocenters. The summed E-state index contributed by atoms with van der Waals surface area (Å²) in [7, 11) is 0. The molecule has 2 amide bonds. The van der Waals surface area contributed by atoms with Crippen molar-refractivity contribution in [3.8, 4) is 0 Å². The lowest BCUT2D eigenvalue weighted by Gasteiger charge is -2.39. The highest BCUT2D eigenvalue weighted by Gasteiger charge is 2.28. The number of hydrogen-bond donors (Lipinski definition) is 3. The minimum atomic E-state index is -0.749. The molecule has 2 heterocycles. The van der Waals surface area contributed by atoms with Gasteiger partial charge in [0.25, 0.3) is 0 Å². The van der Waals surface area contributed by atoms with Gasteiger partial charge in [0.15, 0.2) is 0 Å². The molecule has 1 aromatic heterocycles. The van der Waals surface area contributed by atoms with E-state index in [0.29, 0.717) is 0 Å². The van der Waals surface area contributed by atoms with Gasteiger partial charge in [-0.15, -0.1) is 0 Å². The highest BCUT2D eigenvalue weighted by molar-refractivity contribution is 6.35. The van der Waals surface area contributed by atoms with Crippen LogP contribution in [0.2, 0.25) is 0 Å². The van der Waals surface area contributed by atoms with Gasteiger partial charge < -0.3 is 25.1 Å². The highest BCUT2D eigenvalue weighted by Crippen LogP contribution is 2.24. The van der Waals surface area contributed by atoms with E-state index in [1.54, 1.807) is 6.26 Å². The summed E-state index contributed by atoms with van der Waals surface area (Å²) in [6.07, 6.45) is 1.61. The lowest BCUT2D eigenvalue weighted by atomic mass is 10.1. The number of piperazine rings is 1. The number of para-hydroxylation sites is 1. The maximum absolute atomic E-state index is 12.0. The quantitative estimate of drug-likeness (QED) is 0.595. The molecule has 1 atom stereocenters. The van der Waals surface area contributed by atoms with Crippen LogP contribution in [0.5, 0.6) is 0 Å². The van der Waals surface area contributed by atoms with Crippen molar-refractivity contribution >= 4 is 17.5 Å². The summed E-state index contributed by atoms with van der Waals surface area (Å²) in [5, 5.41) is 13.8. The normalized spacial score (nSPS) is 15.8. The Bertz CT molecular complexity index is 743. The number of aliphatic hydroxyl groups excluding tert-OH is 1. The van der Waals surface area contributed by atoms with Crippen LogP contribution in [0, 0.1) is 0 Å². The van der Waals surface area contributed by atoms with Crippen molar-refractivity contribution < 1.29 is 19.1 Å². The van der Waals surface area contributed by atoms with Crippen LogP contribution in [0.3, 0.4) is 0 Å². The van der Waals surface area contributed by atoms with Gasteiger partial charge in [-0.2, -0.15) is 0 Å². The van der Waals surface area contributed by atoms with Crippen LogP contribution in [0.25, 0.3) is 0 Å². The van der Waals surface area contributed by atoms with E-state index in [0.717, 1.165) is 31.9 Å². The number of aliphatic hydroxyl groups is 1. The van der Waals surface area contributed by atoms with E-state index in [1.165, 1.54) is 5.69 Å². The first-order valence-electron chi connectivity index (χ1n) is 9.43. The van der Waals surface area contributed by atoms with Crippen LogP contribution in [-0.2, 0) is 9.59 Å². The van der Waals surface area contributed by atoms with E-state index in [9.17, 15) is 9.59 Å². The van der Waals surface area contributed by atoms with Gasteiger partial charge in [0.2, 0.25) is 0 Å². The van der Waals surface area contributed by atoms with Crippen molar-refractivity contribution in [2.24, 2.45) is 0 Å². The Hall–Kier alpha value is -2.84. The maximum atomic E-state index is 12.0. The molecule has 1 fully saturated rings. The molecule has 1 aliphatic heterocycles. The summed E-state index contributed by atoms with van der Waals surface area (Å²) in [5.74, 6) is -0.710. The summed E-state index contributed by atoms with van der Waals surface area (Å²) >= 11 is 0. The van der Waals surface area contributed by atoms with Gasteiger partial charge >= 0.3 is 11.8 Å². The number of furan rings is 1. The predicted octanol–water partition coefficient (Wildman–Crippen LogP) is 0.368. The first-order valence-corrected chi connectivity index (χ1v) is 9.43. The predicted molar refractivity (Wildman–Crippen MR) is 105 cm³/mol. The molecular weight excluding hydrogens is 360 g/mol. The third-order valence-electron chi connectivity index (χ3n) is 4.81. The molecule has 8 heteroatoms. The lowest BCUT2D eigenvalue weighted by Crippen LogP contribution is -2.50. The fourth-order valence-electron chi connectivity index (χ4n) is 3.34. The first kappa shape index (κ1) is 19.9. The number of rotatable bonds is 7. The Balaban J connectivity index is 1.59. The number of nitrogens with zero attached hydrogens (tertiary/aromatic N) is 2. The third-order valence-corrected chi connectivity index (χ3v) is 4.81. The third kappa shape index (κ3) is 5.11. The van der Waals surface area contributed by atoms with E-state index in [-0.39, 0.29) is 25.7 Å². The van der Waals surface area contributed by atoms with Crippen LogP contribution in [0.15, 0.2) is 53.1 Å². The molecule has 2 aromatic rings. The number of benzene rings is 1. The maximum Gasteiger partial charge on any atom is 0.309 e. The van der Waals surface area contributed by atoms with Crippen LogP contribution in [-0.4, -0.2) is 67.7 Å². The number of anilines is 1. The minimum absolute atomic E-state index is 0.0509. The van der Waals surface area contributed by atoms with Crippen molar-refractivity contribution in [1.82, 2.24) is 15.5 Å². The van der Waals surface area contributed by atoms with E-state index in [1.807, 2.05) is 30.3 Å². The van der Waals surface area contributed by atoms with E-state index < -0.39 is 11.8 Å². The van der Waals surface area contributed by atoms with Crippen LogP contribution >= 0.6 is 0 Å². The number of carbonyl (C=O) groups excluding carboxylic acids is 2. The molecule has 1 aliphatic rings. The van der Waals surface area contributed by atoms with E-state index in [4.69, 9.17) is 9.52 Å². The van der Waals surface area contributed by atoms with Crippen molar-refractivity contribution in [3.05, 3.63) is 54.5 Å². The second kappa shape index (κ2) is 9.91. The average Bonchev–Trinajstić information content (AvgIpc) is 3.27. The minimum Gasteiger partial charge on any atom is -0.468 e. The zero-order valence-electron chi connectivity index (χ0n) is 15.7. The monoisotopic (exact) mass is 386 g/mol. The summed E-state index contributed by atoms with van der Waals surface area (Å²) in [6.45, 7) is 3.47. The molecule has 1 saturated heterocycles. The molecule has 28 heavy (non-hydrogen) atoms. The van der Waals surface area contributed by atoms with Gasteiger partial charge in [0.05, 0.1) is 18.9 Å². The Morgan fingerprint density at radius 2 is 1.71 bits per heavy atom. The molecule has 0 radical (unpaired) electrons. The molecule has 0 bridgehead atoms. The summed E-state index contributed by atoms with van der Waals surface area (Å²) in [6, 6.07) is 13.8. The smallest absolute Gasteiger partial charge is 0.309 e. The Labute approximate surface area is 164 Å². The SMILES string of the molecule is O=C(NCCO)C(=O)NC[C@@H](c1ccco1)N1CCN(c2ccccc2)CC1. The number of hydrogen-bond acceptors (Lipinski definition) is 6. The molecule has 150 valence electrons. The Morgan fingerprint density at radius 1 is 1.00 bits per heavy atom. The van der Waals surface area contributed by atoms with Gasteiger partial charge in [-0.1, -0.05) is 18.2 Å². The van der Waals surface area contributed by atoms with Crippen molar-refractivity contribution in [2.45, 2.75) is 6.04 Å². The van der Waals surface area contributed by atoms with E-state index in [2.05, 4.69) is 32.6 Å². The summed E-state index contributed by atoms with van der Waals surface area (Å²) in [4.78, 5) is 28.3. The lowest BCUT2D eigenvalue weighted by molar-refractivity contribution is -0.139. The molecule has 0 aliphatic carbocycles. The molecule has 8 nitrogen and oxygen atoms in total. The standard InChI is InChI=1S/C20H26N4O4/c25-13-8-21-19(26)20(27)22-15-17(18-7-4-14-28-18)24-11-9-23(10-12-24)16-5-2-1-3-6-16/h1-7,14,17,25H,8-13,15H2,(H,21,26)(H,22,27)/t17-/m0/s1. The topological polar surface area (TPSA) is 98.0 Å². The number of amides is 2. The zero-order chi connectivity index (χ0) is 19.8. The molecule has 0 saturated carbocycles. The van der Waals surface area contributed by atoms with Crippen LogP contribution in [0.1, 0.15) is 11.8 Å². The fraction of sp³-hybridized carbons (Fsp3) is 0.400. The molecule has 3 rings (SSSR count). The van der Waals surface area contributed by atoms with Crippen molar-refractivity contribution in [1.29, 1.82) is 0 Å². The van der Waals surface area contributed by atoms with Crippen molar-refractivity contribution in [3.63, 3.8) is 0 Å². The zero-order valence-corrected chi connectivity index (χ0v) is 15.7. The van der Waals surface area contributed by atoms with Gasteiger partial charge in [0, 0.05) is 45.0 Å². The summed E-state index contributed by atoms with van der Waals surface area (Å²) < 4.78 is 5.58. The number of nitrogens with one attached hydrogen (secondary N) is 2. The molecule has 3 N–H and O–H groups in total. The summed E-state index contributed by atoms with van der Waals surface area (Å²) in [5.41, 5.74) is 1.20. The Morgan fingerprint density at radius 3 is 2.36 bits per heavy atom. The molecular formula is C20H26N4O4. The van der Waals surface area contributed by atoms with Gasteiger partial charge in [-0.05, 0) is 24.3 Å². The largest absolute Gasteiger partial charge is 0.468 e. The second-order valence-electron chi connectivity index (χ2n) is 6.58. The van der Waals surface area contributed by atoms with Crippen LogP contribution in [0.4, 0.5) is 5.69 Å². The fourth-order valence-corrected chi connectivity index (χ4v) is 3.34. The first-order chi connectivity index (χ1) is 13.7. The van der Waals surface area contributed by atoms with Gasteiger partial charge in [-0.25, -0.2) is 0 Å². The van der Waals surface area contributed by atoms with Gasteiger partial charge in [-0.3, -0.25) is 14.5 Å². The Kier molecular flexibility index (Phi) is 7.05. The number of carbonyl (C=O) groups is 2. The van der Waals surface area contributed by atoms with Crippen LogP contribution < -0.4 is 15.5 Å².